The number of Topliss-reactive ketones (excluding diaryl/α,β-unsaturated/α-hetero) is 1. The number of ketones is 1. The van der Waals surface area contributed by atoms with Gasteiger partial charge in [-0.1, -0.05) is 83.9 Å². The van der Waals surface area contributed by atoms with Gasteiger partial charge in [0, 0.05) is 10.0 Å². The first-order valence-electron chi connectivity index (χ1n) is 10.8. The highest BCUT2D eigenvalue weighted by Crippen LogP contribution is 2.40. The van der Waals surface area contributed by atoms with Gasteiger partial charge in [0.2, 0.25) is 16.4 Å². The van der Waals surface area contributed by atoms with Crippen molar-refractivity contribution in [2.45, 2.75) is 12.2 Å². The van der Waals surface area contributed by atoms with Gasteiger partial charge < -0.3 is 0 Å². The Bertz CT molecular complexity index is 1240. The predicted molar refractivity (Wildman–Crippen MR) is 143 cm³/mol. The minimum atomic E-state index is -2.40. The topological polar surface area (TPSA) is 69.7 Å². The van der Waals surface area contributed by atoms with Gasteiger partial charge in [0.1, 0.15) is 0 Å². The number of rotatable bonds is 10. The molecule has 0 bridgehead atoms. The first kappa shape index (κ1) is 26.3. The highest BCUT2D eigenvalue weighted by Gasteiger charge is 2.42. The zero-order valence-electron chi connectivity index (χ0n) is 18.7. The van der Waals surface area contributed by atoms with Gasteiger partial charge in [-0.25, -0.2) is 0 Å². The molecular weight excluding hydrogens is 537 g/mol. The summed E-state index contributed by atoms with van der Waals surface area (Å²) < 4.78 is 37.9. The van der Waals surface area contributed by atoms with Crippen molar-refractivity contribution in [1.29, 1.82) is 0 Å². The van der Waals surface area contributed by atoms with E-state index in [0.29, 0.717) is 31.8 Å². The molecule has 180 valence electrons. The van der Waals surface area contributed by atoms with Crippen molar-refractivity contribution in [3.8, 4) is 0 Å². The van der Waals surface area contributed by atoms with Crippen LogP contribution in [0.3, 0.4) is 0 Å². The van der Waals surface area contributed by atoms with Gasteiger partial charge >= 0.3 is 16.1 Å². The summed E-state index contributed by atoms with van der Waals surface area (Å²) in [5.41, 5.74) is 0.863. The summed E-state index contributed by atoms with van der Waals surface area (Å²) in [4.78, 5) is 14.0. The molecule has 0 heterocycles. The molecule has 0 radical (unpaired) electrons. The Morgan fingerprint density at radius 3 is 1.22 bits per heavy atom. The average molecular weight is 557 g/mol. The third kappa shape index (κ3) is 6.72. The Kier molecular flexibility index (Phi) is 9.12. The Morgan fingerprint density at radius 2 is 0.889 bits per heavy atom. The summed E-state index contributed by atoms with van der Waals surface area (Å²) >= 11 is 12.1. The maximum absolute atomic E-state index is 14.0. The van der Waals surface area contributed by atoms with Crippen LogP contribution in [0.4, 0.5) is 0 Å². The molecule has 0 aliphatic rings. The van der Waals surface area contributed by atoms with Crippen molar-refractivity contribution < 1.29 is 23.0 Å². The second kappa shape index (κ2) is 12.5. The molecule has 0 N–H and O–H groups in total. The molecule has 0 spiro atoms. The number of carbonyl (C=O) groups excluding carboxylic acids is 1. The second-order valence-electron chi connectivity index (χ2n) is 7.66. The lowest BCUT2D eigenvalue weighted by atomic mass is 9.97. The Labute approximate surface area is 220 Å². The zero-order chi connectivity index (χ0) is 25.5. The number of hydrogen-bond donors (Lipinski definition) is 0. The summed E-state index contributed by atoms with van der Waals surface area (Å²) in [6.45, 7) is 0. The van der Waals surface area contributed by atoms with Crippen molar-refractivity contribution in [2.24, 2.45) is 0 Å². The SMILES string of the molecule is O=C(C(O[P+](=O)c1ccccc1)c1ccc(Cl)cc1)C(O[P+](=O)c1ccccc1)c1ccc(Cl)cc1. The molecule has 0 aliphatic carbocycles. The van der Waals surface area contributed by atoms with Crippen LogP contribution in [-0.4, -0.2) is 5.78 Å². The lowest BCUT2D eigenvalue weighted by molar-refractivity contribution is -0.133. The van der Waals surface area contributed by atoms with Gasteiger partial charge in [0.05, 0.1) is 0 Å². The van der Waals surface area contributed by atoms with Crippen molar-refractivity contribution in [2.75, 3.05) is 0 Å². The van der Waals surface area contributed by atoms with Crippen LogP contribution < -0.4 is 10.6 Å². The number of halogens is 2. The third-order valence-electron chi connectivity index (χ3n) is 5.20. The predicted octanol–water partition coefficient (Wildman–Crippen LogP) is 7.51. The molecule has 0 amide bonds. The van der Waals surface area contributed by atoms with E-state index in [4.69, 9.17) is 32.2 Å². The highest BCUT2D eigenvalue weighted by atomic mass is 35.5. The number of carbonyl (C=O) groups is 1. The van der Waals surface area contributed by atoms with Crippen LogP contribution in [-0.2, 0) is 23.0 Å². The summed E-state index contributed by atoms with van der Waals surface area (Å²) in [5, 5.41) is 1.79. The van der Waals surface area contributed by atoms with Crippen LogP contribution >= 0.6 is 39.3 Å². The average Bonchev–Trinajstić information content (AvgIpc) is 2.92. The Hall–Kier alpha value is -2.75. The molecule has 0 aliphatic heterocycles. The van der Waals surface area contributed by atoms with Crippen LogP contribution in [0.25, 0.3) is 0 Å². The van der Waals surface area contributed by atoms with Gasteiger partial charge in [-0.05, 0) is 68.8 Å². The molecule has 0 saturated heterocycles. The Morgan fingerprint density at radius 1 is 0.556 bits per heavy atom. The molecule has 0 saturated carbocycles. The van der Waals surface area contributed by atoms with Gasteiger partial charge in [0.25, 0.3) is 0 Å². The number of benzene rings is 4. The van der Waals surface area contributed by atoms with E-state index in [1.807, 2.05) is 0 Å². The molecule has 4 unspecified atom stereocenters. The monoisotopic (exact) mass is 556 g/mol. The van der Waals surface area contributed by atoms with Crippen molar-refractivity contribution >= 4 is 55.7 Å². The summed E-state index contributed by atoms with van der Waals surface area (Å²) in [5.74, 6) is -0.571. The maximum Gasteiger partial charge on any atom is 0.549 e. The Balaban J connectivity index is 1.72. The molecule has 9 heteroatoms. The van der Waals surface area contributed by atoms with E-state index in [1.165, 1.54) is 0 Å². The van der Waals surface area contributed by atoms with Crippen molar-refractivity contribution in [3.63, 3.8) is 0 Å². The van der Waals surface area contributed by atoms with Gasteiger partial charge in [0.15, 0.2) is 12.2 Å². The normalized spacial score (nSPS) is 13.5. The minimum absolute atomic E-state index is 0.429. The molecule has 5 nitrogen and oxygen atoms in total. The van der Waals surface area contributed by atoms with Gasteiger partial charge in [-0.2, -0.15) is 0 Å². The van der Waals surface area contributed by atoms with E-state index in [9.17, 15) is 13.9 Å². The summed E-state index contributed by atoms with van der Waals surface area (Å²) in [6, 6.07) is 30.0. The fourth-order valence-corrected chi connectivity index (χ4v) is 5.54. The van der Waals surface area contributed by atoms with Crippen LogP contribution in [0.5, 0.6) is 0 Å². The lowest BCUT2D eigenvalue weighted by Crippen LogP contribution is -2.24. The fraction of sp³-hybridized carbons (Fsp3) is 0.0741. The van der Waals surface area contributed by atoms with E-state index >= 15 is 0 Å². The van der Waals surface area contributed by atoms with Gasteiger partial charge in [-0.15, -0.1) is 9.05 Å². The van der Waals surface area contributed by atoms with Crippen LogP contribution in [0.15, 0.2) is 109 Å². The van der Waals surface area contributed by atoms with Crippen molar-refractivity contribution in [1.82, 2.24) is 0 Å². The lowest BCUT2D eigenvalue weighted by Gasteiger charge is -2.16. The molecule has 4 aromatic carbocycles. The van der Waals surface area contributed by atoms with Gasteiger partial charge in [-0.3, -0.25) is 4.79 Å². The largest absolute Gasteiger partial charge is 0.549 e. The molecule has 4 rings (SSSR count). The molecule has 4 aromatic rings. The maximum atomic E-state index is 14.0. The number of hydrogen-bond acceptors (Lipinski definition) is 5. The summed E-state index contributed by atoms with van der Waals surface area (Å²) in [7, 11) is -4.79. The molecule has 0 fully saturated rings. The molecule has 4 atom stereocenters. The second-order valence-corrected chi connectivity index (χ2v) is 11.0. The minimum Gasteiger partial charge on any atom is -0.293 e. The highest BCUT2D eigenvalue weighted by molar-refractivity contribution is 7.48. The molecule has 0 aromatic heterocycles. The smallest absolute Gasteiger partial charge is 0.293 e. The quantitative estimate of drug-likeness (QED) is 0.189. The van der Waals surface area contributed by atoms with Crippen LogP contribution in [0.2, 0.25) is 10.0 Å². The molecular formula is C27H20Cl2O5P2+2. The third-order valence-corrected chi connectivity index (χ3v) is 7.95. The van der Waals surface area contributed by atoms with Crippen LogP contribution in [0, 0.1) is 0 Å². The van der Waals surface area contributed by atoms with E-state index in [0.717, 1.165) is 0 Å². The van der Waals surface area contributed by atoms with E-state index in [-0.39, 0.29) is 0 Å². The first-order valence-corrected chi connectivity index (χ1v) is 14.0. The van der Waals surface area contributed by atoms with Crippen LogP contribution in [0.1, 0.15) is 23.3 Å². The van der Waals surface area contributed by atoms with E-state index < -0.39 is 34.0 Å². The first-order chi connectivity index (χ1) is 17.4. The van der Waals surface area contributed by atoms with Crippen molar-refractivity contribution in [3.05, 3.63) is 130 Å². The van der Waals surface area contributed by atoms with E-state index in [1.54, 1.807) is 109 Å². The zero-order valence-corrected chi connectivity index (χ0v) is 22.0. The van der Waals surface area contributed by atoms with E-state index in [2.05, 4.69) is 0 Å². The molecule has 36 heavy (non-hydrogen) atoms. The fourth-order valence-electron chi connectivity index (χ4n) is 3.38. The standard InChI is InChI=1S/C27H20Cl2O5P2/c28-21-15-11-19(12-16-21)26(33-35(31)23-7-3-1-4-8-23)25(30)27(20-13-17-22(29)18-14-20)34-36(32)24-9-5-2-6-10-24/h1-18,26-27H/q+2. The summed E-state index contributed by atoms with van der Waals surface area (Å²) in [6.07, 6.45) is -2.57.